The third-order valence-corrected chi connectivity index (χ3v) is 8.91. The van der Waals surface area contributed by atoms with Gasteiger partial charge in [-0.15, -0.1) is 11.3 Å². The van der Waals surface area contributed by atoms with Gasteiger partial charge in [-0.25, -0.2) is 13.2 Å². The number of anilines is 1. The number of methoxy groups -OCH3 is 2. The van der Waals surface area contributed by atoms with Gasteiger partial charge < -0.3 is 14.8 Å². The summed E-state index contributed by atoms with van der Waals surface area (Å²) in [7, 11) is -0.954. The molecule has 1 aromatic heterocycles. The highest BCUT2D eigenvalue weighted by atomic mass is 32.2. The van der Waals surface area contributed by atoms with E-state index in [4.69, 9.17) is 9.47 Å². The van der Waals surface area contributed by atoms with Crippen LogP contribution in [0.25, 0.3) is 10.4 Å². The Bertz CT molecular complexity index is 1300. The number of nitrogens with one attached hydrogen (secondary N) is 1. The van der Waals surface area contributed by atoms with E-state index in [0.717, 1.165) is 10.4 Å². The Morgan fingerprint density at radius 3 is 2.43 bits per heavy atom. The zero-order chi connectivity index (χ0) is 25.0. The summed E-state index contributed by atoms with van der Waals surface area (Å²) >= 11 is 1.23. The first-order chi connectivity index (χ1) is 16.8. The molecule has 10 heteroatoms. The molecule has 2 heterocycles. The molecule has 0 aliphatic carbocycles. The molecule has 1 unspecified atom stereocenters. The minimum atomic E-state index is -3.76. The van der Waals surface area contributed by atoms with E-state index < -0.39 is 21.9 Å². The molecule has 35 heavy (non-hydrogen) atoms. The third kappa shape index (κ3) is 5.39. The molecule has 2 aromatic carbocycles. The number of rotatable bonds is 7. The Hall–Kier alpha value is -3.21. The Labute approximate surface area is 208 Å². The van der Waals surface area contributed by atoms with Gasteiger partial charge in [0.2, 0.25) is 15.9 Å². The molecule has 1 fully saturated rings. The van der Waals surface area contributed by atoms with Gasteiger partial charge in [0.25, 0.3) is 0 Å². The molecule has 184 valence electrons. The van der Waals surface area contributed by atoms with Crippen LogP contribution in [0.5, 0.6) is 5.75 Å². The van der Waals surface area contributed by atoms with E-state index in [-0.39, 0.29) is 17.3 Å². The van der Waals surface area contributed by atoms with Crippen molar-refractivity contribution < 1.29 is 27.5 Å². The van der Waals surface area contributed by atoms with Crippen molar-refractivity contribution in [2.45, 2.75) is 17.7 Å². The van der Waals surface area contributed by atoms with Crippen molar-refractivity contribution in [1.82, 2.24) is 4.31 Å². The Kier molecular flexibility index (Phi) is 7.54. The van der Waals surface area contributed by atoms with Crippen LogP contribution >= 0.6 is 11.3 Å². The van der Waals surface area contributed by atoms with E-state index >= 15 is 0 Å². The average Bonchev–Trinajstić information content (AvgIpc) is 3.32. The Balaban J connectivity index is 1.53. The van der Waals surface area contributed by atoms with Crippen LogP contribution in [0.1, 0.15) is 22.5 Å². The molecule has 1 aliphatic rings. The fourth-order valence-electron chi connectivity index (χ4n) is 3.98. The third-order valence-electron chi connectivity index (χ3n) is 5.87. The number of thiophene rings is 1. The van der Waals surface area contributed by atoms with Gasteiger partial charge in [0, 0.05) is 18.0 Å². The molecule has 0 spiro atoms. The van der Waals surface area contributed by atoms with Gasteiger partial charge in [0.05, 0.1) is 30.7 Å². The second-order valence-corrected chi connectivity index (χ2v) is 11.1. The van der Waals surface area contributed by atoms with Crippen LogP contribution in [0.15, 0.2) is 65.6 Å². The normalized spacial score (nSPS) is 16.5. The largest absolute Gasteiger partial charge is 0.497 e. The van der Waals surface area contributed by atoms with Gasteiger partial charge in [-0.2, -0.15) is 4.31 Å². The van der Waals surface area contributed by atoms with Gasteiger partial charge in [0.15, 0.2) is 0 Å². The number of hydrogen-bond donors (Lipinski definition) is 1. The number of esters is 1. The number of ether oxygens (including phenoxy) is 2. The summed E-state index contributed by atoms with van der Waals surface area (Å²) in [5.41, 5.74) is 1.28. The maximum Gasteiger partial charge on any atom is 0.350 e. The molecule has 8 nitrogen and oxygen atoms in total. The summed E-state index contributed by atoms with van der Waals surface area (Å²) in [4.78, 5) is 26.8. The summed E-state index contributed by atoms with van der Waals surface area (Å²) in [5.74, 6) is -0.865. The number of carbonyl (C=O) groups excluding carboxylic acids is 2. The standard InChI is InChI=1S/C25H26N2O6S2/c1-32-19-10-12-20(13-11-19)35(30,31)27-14-6-9-18(16-27)24(28)26-21-15-22(17-7-4-3-5-8-17)34-23(21)25(29)33-2/h3-5,7-8,10-13,15,18H,6,9,14,16H2,1-2H3,(H,26,28). The maximum absolute atomic E-state index is 13.2. The summed E-state index contributed by atoms with van der Waals surface area (Å²) in [6, 6.07) is 17.5. The SMILES string of the molecule is COC(=O)c1sc(-c2ccccc2)cc1NC(=O)C1CCCN(S(=O)(=O)c2ccc(OC)cc2)C1. The highest BCUT2D eigenvalue weighted by Gasteiger charge is 2.34. The van der Waals surface area contributed by atoms with Crippen molar-refractivity contribution in [1.29, 1.82) is 0 Å². The van der Waals surface area contributed by atoms with Crippen LogP contribution in [-0.4, -0.2) is 51.9 Å². The maximum atomic E-state index is 13.2. The van der Waals surface area contributed by atoms with E-state index in [1.807, 2.05) is 30.3 Å². The topological polar surface area (TPSA) is 102 Å². The van der Waals surface area contributed by atoms with Crippen LogP contribution in [0.3, 0.4) is 0 Å². The van der Waals surface area contributed by atoms with Crippen LogP contribution in [-0.2, 0) is 19.6 Å². The monoisotopic (exact) mass is 514 g/mol. The Morgan fingerprint density at radius 1 is 1.06 bits per heavy atom. The number of benzene rings is 2. The lowest BCUT2D eigenvalue weighted by molar-refractivity contribution is -0.120. The fourth-order valence-corrected chi connectivity index (χ4v) is 6.54. The first-order valence-electron chi connectivity index (χ1n) is 11.1. The van der Waals surface area contributed by atoms with E-state index in [9.17, 15) is 18.0 Å². The predicted octanol–water partition coefficient (Wildman–Crippen LogP) is 4.25. The molecule has 0 radical (unpaired) electrons. The van der Waals surface area contributed by atoms with E-state index in [1.165, 1.54) is 42.0 Å². The zero-order valence-electron chi connectivity index (χ0n) is 19.4. The van der Waals surface area contributed by atoms with Crippen molar-refractivity contribution >= 4 is 38.9 Å². The minimum Gasteiger partial charge on any atom is -0.497 e. The van der Waals surface area contributed by atoms with Crippen molar-refractivity contribution in [3.8, 4) is 16.2 Å². The average molecular weight is 515 g/mol. The number of nitrogens with zero attached hydrogens (tertiary/aromatic N) is 1. The quantitative estimate of drug-likeness (QED) is 0.473. The lowest BCUT2D eigenvalue weighted by atomic mass is 9.98. The first kappa shape index (κ1) is 24.9. The van der Waals surface area contributed by atoms with Crippen LogP contribution < -0.4 is 10.1 Å². The predicted molar refractivity (Wildman–Crippen MR) is 134 cm³/mol. The molecule has 1 aliphatic heterocycles. The summed E-state index contributed by atoms with van der Waals surface area (Å²) in [6.07, 6.45) is 1.10. The lowest BCUT2D eigenvalue weighted by Crippen LogP contribution is -2.43. The molecular weight excluding hydrogens is 488 g/mol. The van der Waals surface area contributed by atoms with E-state index in [1.54, 1.807) is 18.2 Å². The summed E-state index contributed by atoms with van der Waals surface area (Å²) in [5, 5.41) is 2.85. The van der Waals surface area contributed by atoms with Crippen LogP contribution in [0, 0.1) is 5.92 Å². The molecule has 0 saturated carbocycles. The molecule has 1 saturated heterocycles. The number of carbonyl (C=O) groups is 2. The second-order valence-electron chi connectivity index (χ2n) is 8.08. The highest BCUT2D eigenvalue weighted by molar-refractivity contribution is 7.89. The highest BCUT2D eigenvalue weighted by Crippen LogP contribution is 2.36. The number of piperidine rings is 1. The van der Waals surface area contributed by atoms with Crippen LogP contribution in [0.2, 0.25) is 0 Å². The second kappa shape index (κ2) is 10.6. The number of amides is 1. The van der Waals surface area contributed by atoms with Crippen molar-refractivity contribution in [2.75, 3.05) is 32.6 Å². The summed E-state index contributed by atoms with van der Waals surface area (Å²) < 4.78 is 37.6. The molecule has 1 atom stereocenters. The molecule has 1 N–H and O–H groups in total. The Morgan fingerprint density at radius 2 is 1.77 bits per heavy atom. The lowest BCUT2D eigenvalue weighted by Gasteiger charge is -2.31. The van der Waals surface area contributed by atoms with Gasteiger partial charge in [-0.1, -0.05) is 30.3 Å². The van der Waals surface area contributed by atoms with Gasteiger partial charge in [-0.05, 0) is 48.7 Å². The minimum absolute atomic E-state index is 0.0590. The molecule has 4 rings (SSSR count). The van der Waals surface area contributed by atoms with Crippen LogP contribution in [0.4, 0.5) is 5.69 Å². The number of sulfonamides is 1. The number of hydrogen-bond acceptors (Lipinski definition) is 7. The molecule has 1 amide bonds. The van der Waals surface area contributed by atoms with Gasteiger partial charge in [-0.3, -0.25) is 4.79 Å². The van der Waals surface area contributed by atoms with Crippen molar-refractivity contribution in [2.24, 2.45) is 5.92 Å². The van der Waals surface area contributed by atoms with Gasteiger partial charge >= 0.3 is 5.97 Å². The van der Waals surface area contributed by atoms with E-state index in [2.05, 4.69) is 5.32 Å². The molecular formula is C25H26N2O6S2. The first-order valence-corrected chi connectivity index (χ1v) is 13.3. The molecule has 0 bridgehead atoms. The zero-order valence-corrected chi connectivity index (χ0v) is 21.0. The summed E-state index contributed by atoms with van der Waals surface area (Å²) in [6.45, 7) is 0.394. The van der Waals surface area contributed by atoms with Crippen molar-refractivity contribution in [3.63, 3.8) is 0 Å². The van der Waals surface area contributed by atoms with Gasteiger partial charge in [0.1, 0.15) is 10.6 Å². The fraction of sp³-hybridized carbons (Fsp3) is 0.280. The van der Waals surface area contributed by atoms with Crippen molar-refractivity contribution in [3.05, 3.63) is 65.5 Å². The smallest absolute Gasteiger partial charge is 0.350 e. The molecule has 3 aromatic rings. The van der Waals surface area contributed by atoms with E-state index in [0.29, 0.717) is 35.7 Å².